The molecule has 0 spiro atoms. The predicted molar refractivity (Wildman–Crippen MR) is 111 cm³/mol. The number of ketones is 1. The molecule has 1 fully saturated rings. The first-order valence-electron chi connectivity index (χ1n) is 10.3. The fourth-order valence-corrected chi connectivity index (χ4v) is 3.43. The highest BCUT2D eigenvalue weighted by molar-refractivity contribution is 5.82. The molecule has 3 atom stereocenters. The number of hydrogen-bond donors (Lipinski definition) is 0. The van der Waals surface area contributed by atoms with Crippen LogP contribution >= 0.6 is 0 Å². The average molecular weight is 409 g/mol. The second-order valence-corrected chi connectivity index (χ2v) is 8.31. The lowest BCUT2D eigenvalue weighted by molar-refractivity contribution is -0.167. The summed E-state index contributed by atoms with van der Waals surface area (Å²) in [6.45, 7) is 9.55. The summed E-state index contributed by atoms with van der Waals surface area (Å²) in [5.41, 5.74) is 1.30. The van der Waals surface area contributed by atoms with Crippen LogP contribution in [0, 0.1) is 5.92 Å². The number of rotatable bonds is 9. The van der Waals surface area contributed by atoms with Gasteiger partial charge in [-0.25, -0.2) is 4.79 Å². The van der Waals surface area contributed by atoms with Crippen LogP contribution in [0.1, 0.15) is 73.1 Å². The number of hydrogen-bond acceptors (Lipinski definition) is 6. The van der Waals surface area contributed by atoms with Crippen molar-refractivity contribution in [2.45, 2.75) is 84.8 Å². The molecule has 0 aromatic carbocycles. The van der Waals surface area contributed by atoms with E-state index in [0.29, 0.717) is 32.3 Å². The minimum absolute atomic E-state index is 0.0260. The van der Waals surface area contributed by atoms with Crippen LogP contribution in [0.5, 0.6) is 0 Å². The van der Waals surface area contributed by atoms with Crippen LogP contribution in [0.4, 0.5) is 0 Å². The van der Waals surface area contributed by atoms with Gasteiger partial charge in [0.05, 0.1) is 13.7 Å². The quantitative estimate of drug-likeness (QED) is 0.321. The Bertz CT molecular complexity index is 644. The number of esters is 2. The zero-order valence-corrected chi connectivity index (χ0v) is 18.7. The molecule has 0 saturated carbocycles. The van der Waals surface area contributed by atoms with E-state index in [1.54, 1.807) is 0 Å². The van der Waals surface area contributed by atoms with Crippen molar-refractivity contribution < 1.29 is 28.6 Å². The number of carbonyl (C=O) groups excluding carboxylic acids is 3. The molecule has 0 amide bonds. The van der Waals surface area contributed by atoms with Crippen molar-refractivity contribution in [3.05, 3.63) is 23.3 Å². The summed E-state index contributed by atoms with van der Waals surface area (Å²) in [4.78, 5) is 35.4. The van der Waals surface area contributed by atoms with Crippen LogP contribution < -0.4 is 0 Å². The molecule has 6 heteroatoms. The van der Waals surface area contributed by atoms with E-state index in [-0.39, 0.29) is 17.7 Å². The second-order valence-electron chi connectivity index (χ2n) is 8.31. The van der Waals surface area contributed by atoms with Gasteiger partial charge in [0.15, 0.2) is 0 Å². The summed E-state index contributed by atoms with van der Waals surface area (Å²) in [6, 6.07) is 0. The van der Waals surface area contributed by atoms with Crippen molar-refractivity contribution in [3.63, 3.8) is 0 Å². The molecule has 0 bridgehead atoms. The third kappa shape index (κ3) is 8.94. The van der Waals surface area contributed by atoms with E-state index in [2.05, 4.69) is 0 Å². The van der Waals surface area contributed by atoms with E-state index in [1.807, 2.05) is 33.8 Å². The maximum atomic E-state index is 12.3. The smallest absolute Gasteiger partial charge is 0.330 e. The number of carbonyl (C=O) groups is 3. The highest BCUT2D eigenvalue weighted by atomic mass is 16.6. The lowest BCUT2D eigenvalue weighted by Gasteiger charge is -2.35. The third-order valence-electron chi connectivity index (χ3n) is 5.40. The van der Waals surface area contributed by atoms with E-state index in [1.165, 1.54) is 20.1 Å². The maximum absolute atomic E-state index is 12.3. The fourth-order valence-electron chi connectivity index (χ4n) is 3.43. The van der Waals surface area contributed by atoms with Crippen molar-refractivity contribution >= 4 is 17.7 Å². The Balaban J connectivity index is 2.76. The van der Waals surface area contributed by atoms with Crippen LogP contribution in [0.2, 0.25) is 0 Å². The molecule has 1 saturated heterocycles. The van der Waals surface area contributed by atoms with E-state index in [0.717, 1.165) is 24.0 Å². The molecule has 0 aromatic rings. The van der Waals surface area contributed by atoms with Crippen molar-refractivity contribution in [1.29, 1.82) is 0 Å². The van der Waals surface area contributed by atoms with Crippen LogP contribution in [-0.4, -0.2) is 43.1 Å². The summed E-state index contributed by atoms with van der Waals surface area (Å²) in [7, 11) is 1.34. The molecule has 1 aliphatic heterocycles. The predicted octanol–water partition coefficient (Wildman–Crippen LogP) is 4.32. The number of Topliss-reactive ketones (excluding diaryl/α,β-unsaturated/α-hetero) is 1. The van der Waals surface area contributed by atoms with Crippen molar-refractivity contribution in [2.75, 3.05) is 13.7 Å². The summed E-state index contributed by atoms with van der Waals surface area (Å²) < 4.78 is 16.4. The molecule has 1 aliphatic rings. The van der Waals surface area contributed by atoms with Crippen LogP contribution in [-0.2, 0) is 28.6 Å². The molecule has 164 valence electrons. The third-order valence-corrected chi connectivity index (χ3v) is 5.40. The van der Waals surface area contributed by atoms with Gasteiger partial charge >= 0.3 is 11.9 Å². The Labute approximate surface area is 174 Å². The van der Waals surface area contributed by atoms with Gasteiger partial charge in [-0.05, 0) is 58.4 Å². The molecule has 1 unspecified atom stereocenters. The monoisotopic (exact) mass is 408 g/mol. The largest absolute Gasteiger partial charge is 0.466 e. The van der Waals surface area contributed by atoms with Crippen LogP contribution in [0.25, 0.3) is 0 Å². The van der Waals surface area contributed by atoms with Gasteiger partial charge < -0.3 is 14.2 Å². The number of allylic oxidation sites excluding steroid dienone is 2. The minimum atomic E-state index is -0.667. The molecular weight excluding hydrogens is 372 g/mol. The van der Waals surface area contributed by atoms with Crippen molar-refractivity contribution in [3.8, 4) is 0 Å². The Morgan fingerprint density at radius 2 is 1.97 bits per heavy atom. The van der Waals surface area contributed by atoms with E-state index < -0.39 is 17.7 Å². The van der Waals surface area contributed by atoms with Gasteiger partial charge in [-0.2, -0.15) is 0 Å². The molecule has 1 heterocycles. The van der Waals surface area contributed by atoms with Gasteiger partial charge in [0.1, 0.15) is 17.5 Å². The SMILES string of the molecule is COC(=O)/C=C1\CC[C@@H](OC(C)=O)[C@](C)(CCCC(C)C(=O)CC=C(C)C)OC1. The van der Waals surface area contributed by atoms with E-state index in [4.69, 9.17) is 14.2 Å². The molecular formula is C23H36O6. The Hall–Kier alpha value is -1.95. The first kappa shape index (κ1) is 25.1. The number of ether oxygens (including phenoxy) is 3. The van der Waals surface area contributed by atoms with Gasteiger partial charge in [0.25, 0.3) is 0 Å². The van der Waals surface area contributed by atoms with Gasteiger partial charge in [-0.3, -0.25) is 9.59 Å². The Kier molecular flexibility index (Phi) is 10.3. The van der Waals surface area contributed by atoms with E-state index >= 15 is 0 Å². The van der Waals surface area contributed by atoms with Crippen molar-refractivity contribution in [2.24, 2.45) is 5.92 Å². The Morgan fingerprint density at radius 3 is 2.55 bits per heavy atom. The zero-order valence-electron chi connectivity index (χ0n) is 18.7. The maximum Gasteiger partial charge on any atom is 0.330 e. The first-order chi connectivity index (χ1) is 13.6. The molecule has 0 aliphatic carbocycles. The molecule has 0 aromatic heterocycles. The Morgan fingerprint density at radius 1 is 1.28 bits per heavy atom. The highest BCUT2D eigenvalue weighted by Crippen LogP contribution is 2.34. The van der Waals surface area contributed by atoms with Crippen LogP contribution in [0.15, 0.2) is 23.3 Å². The molecule has 1 rings (SSSR count). The standard InChI is InChI=1S/C23H36O6/c1-16(2)9-11-20(25)17(3)8-7-13-23(5)21(29-18(4)24)12-10-19(15-28-23)14-22(26)27-6/h9,14,17,21H,7-8,10-13,15H2,1-6H3/b19-14+/t17?,21-,23+/m1/s1. The van der Waals surface area contributed by atoms with E-state index in [9.17, 15) is 14.4 Å². The second kappa shape index (κ2) is 11.9. The summed E-state index contributed by atoms with van der Waals surface area (Å²) in [5, 5.41) is 0. The van der Waals surface area contributed by atoms with Gasteiger partial charge in [0.2, 0.25) is 0 Å². The van der Waals surface area contributed by atoms with Gasteiger partial charge in [-0.15, -0.1) is 0 Å². The zero-order chi connectivity index (χ0) is 22.0. The molecule has 6 nitrogen and oxygen atoms in total. The minimum Gasteiger partial charge on any atom is -0.466 e. The first-order valence-corrected chi connectivity index (χ1v) is 10.3. The molecule has 29 heavy (non-hydrogen) atoms. The topological polar surface area (TPSA) is 78.9 Å². The van der Waals surface area contributed by atoms with Crippen molar-refractivity contribution in [1.82, 2.24) is 0 Å². The normalized spacial score (nSPS) is 24.3. The molecule has 0 radical (unpaired) electrons. The van der Waals surface area contributed by atoms with Crippen LogP contribution in [0.3, 0.4) is 0 Å². The number of methoxy groups -OCH3 is 1. The summed E-state index contributed by atoms with van der Waals surface area (Å²) in [6.07, 6.45) is 6.85. The average Bonchev–Trinajstić information content (AvgIpc) is 2.79. The van der Waals surface area contributed by atoms with Gasteiger partial charge in [-0.1, -0.05) is 18.6 Å². The van der Waals surface area contributed by atoms with Gasteiger partial charge in [0, 0.05) is 25.3 Å². The lowest BCUT2D eigenvalue weighted by atomic mass is 9.87. The lowest BCUT2D eigenvalue weighted by Crippen LogP contribution is -2.43. The fraction of sp³-hybridized carbons (Fsp3) is 0.696. The summed E-state index contributed by atoms with van der Waals surface area (Å²) >= 11 is 0. The molecule has 0 N–H and O–H groups in total. The summed E-state index contributed by atoms with van der Waals surface area (Å²) in [5.74, 6) is -0.560. The highest BCUT2D eigenvalue weighted by Gasteiger charge is 2.39.